The van der Waals surface area contributed by atoms with Gasteiger partial charge in [0.1, 0.15) is 12.4 Å². The molecule has 3 heteroatoms. The van der Waals surface area contributed by atoms with E-state index in [9.17, 15) is 9.59 Å². The van der Waals surface area contributed by atoms with Gasteiger partial charge in [0.25, 0.3) is 0 Å². The van der Waals surface area contributed by atoms with Crippen molar-refractivity contribution in [2.45, 2.75) is 25.7 Å². The van der Waals surface area contributed by atoms with Crippen molar-refractivity contribution in [3.63, 3.8) is 0 Å². The summed E-state index contributed by atoms with van der Waals surface area (Å²) in [5, 5.41) is 0. The van der Waals surface area contributed by atoms with Crippen molar-refractivity contribution in [2.24, 2.45) is 11.8 Å². The molecule has 1 aliphatic carbocycles. The highest BCUT2D eigenvalue weighted by molar-refractivity contribution is 5.83. The maximum atomic E-state index is 11.3. The van der Waals surface area contributed by atoms with Crippen LogP contribution in [0.2, 0.25) is 0 Å². The van der Waals surface area contributed by atoms with Crippen molar-refractivity contribution in [1.82, 2.24) is 0 Å². The van der Waals surface area contributed by atoms with Crippen LogP contribution in [-0.4, -0.2) is 18.4 Å². The molecule has 3 nitrogen and oxygen atoms in total. The molecule has 66 valence electrons. The molecule has 2 atom stereocenters. The molecule has 0 aromatic rings. The van der Waals surface area contributed by atoms with Crippen LogP contribution in [0.25, 0.3) is 0 Å². The highest BCUT2D eigenvalue weighted by atomic mass is 16.5. The van der Waals surface area contributed by atoms with E-state index in [-0.39, 0.29) is 17.7 Å². The molecule has 1 saturated carbocycles. The number of Topliss-reactive ketones (excluding diaryl/α,β-unsaturated/α-hetero) is 1. The van der Waals surface area contributed by atoms with Crippen molar-refractivity contribution in [1.29, 1.82) is 0 Å². The number of esters is 1. The van der Waals surface area contributed by atoms with Crippen molar-refractivity contribution in [3.05, 3.63) is 0 Å². The number of cyclic esters (lactones) is 1. The van der Waals surface area contributed by atoms with Crippen LogP contribution in [0.5, 0.6) is 0 Å². The van der Waals surface area contributed by atoms with Gasteiger partial charge < -0.3 is 4.74 Å². The molecule has 0 aromatic heterocycles. The zero-order valence-corrected chi connectivity index (χ0v) is 6.91. The molecule has 0 radical (unpaired) electrons. The molecule has 1 saturated heterocycles. The molecular formula is C9H12O3. The summed E-state index contributed by atoms with van der Waals surface area (Å²) in [6.45, 7) is 0.328. The Hall–Kier alpha value is -0.860. The number of ketones is 1. The van der Waals surface area contributed by atoms with Gasteiger partial charge in [-0.15, -0.1) is 0 Å². The molecule has 12 heavy (non-hydrogen) atoms. The normalized spacial score (nSPS) is 35.7. The summed E-state index contributed by atoms with van der Waals surface area (Å²) in [5.74, 6) is 0.566. The summed E-state index contributed by atoms with van der Waals surface area (Å²) >= 11 is 0. The lowest BCUT2D eigenvalue weighted by Crippen LogP contribution is -2.25. The Bertz CT molecular complexity index is 222. The Balaban J connectivity index is 2.12. The van der Waals surface area contributed by atoms with Crippen LogP contribution in [0.3, 0.4) is 0 Å². The third-order valence-corrected chi connectivity index (χ3v) is 2.77. The van der Waals surface area contributed by atoms with Crippen LogP contribution in [0.1, 0.15) is 25.7 Å². The van der Waals surface area contributed by atoms with E-state index in [1.807, 2.05) is 0 Å². The summed E-state index contributed by atoms with van der Waals surface area (Å²) in [7, 11) is 0. The van der Waals surface area contributed by atoms with Gasteiger partial charge in [-0.25, -0.2) is 0 Å². The van der Waals surface area contributed by atoms with E-state index in [2.05, 4.69) is 0 Å². The second-order valence-corrected chi connectivity index (χ2v) is 3.69. The molecule has 2 fully saturated rings. The number of hydrogen-bond acceptors (Lipinski definition) is 3. The smallest absolute Gasteiger partial charge is 0.306 e. The molecule has 1 aliphatic heterocycles. The summed E-state index contributed by atoms with van der Waals surface area (Å²) in [6.07, 6.45) is 2.91. The summed E-state index contributed by atoms with van der Waals surface area (Å²) in [4.78, 5) is 22.3. The molecular weight excluding hydrogens is 156 g/mol. The Morgan fingerprint density at radius 3 is 3.00 bits per heavy atom. The lowest BCUT2D eigenvalue weighted by atomic mass is 9.80. The first-order valence-electron chi connectivity index (χ1n) is 4.44. The Morgan fingerprint density at radius 1 is 1.33 bits per heavy atom. The molecule has 0 N–H and O–H groups in total. The number of carbonyl (C=O) groups excluding carboxylic acids is 2. The average molecular weight is 168 g/mol. The summed E-state index contributed by atoms with van der Waals surface area (Å²) in [5.41, 5.74) is 0. The molecule has 0 aromatic carbocycles. The van der Waals surface area contributed by atoms with Gasteiger partial charge >= 0.3 is 5.97 Å². The van der Waals surface area contributed by atoms with E-state index >= 15 is 0 Å². The molecule has 0 amide bonds. The lowest BCUT2D eigenvalue weighted by molar-refractivity contribution is -0.144. The zero-order valence-electron chi connectivity index (χ0n) is 6.91. The van der Waals surface area contributed by atoms with Gasteiger partial charge in [-0.2, -0.15) is 0 Å². The number of fused-ring (bicyclic) bond motifs is 2. The average Bonchev–Trinajstić information content (AvgIpc) is 2.19. The second-order valence-electron chi connectivity index (χ2n) is 3.69. The van der Waals surface area contributed by atoms with E-state index in [4.69, 9.17) is 4.74 Å². The molecule has 0 spiro atoms. The third kappa shape index (κ3) is 1.36. The molecule has 1 heterocycles. The monoisotopic (exact) mass is 168 g/mol. The van der Waals surface area contributed by atoms with Gasteiger partial charge in [0.15, 0.2) is 0 Å². The molecule has 2 bridgehead atoms. The Kier molecular flexibility index (Phi) is 1.87. The number of hydrogen-bond donors (Lipinski definition) is 0. The highest BCUT2D eigenvalue weighted by Crippen LogP contribution is 2.31. The maximum absolute atomic E-state index is 11.3. The third-order valence-electron chi connectivity index (χ3n) is 2.77. The van der Waals surface area contributed by atoms with Gasteiger partial charge in [0.2, 0.25) is 0 Å². The lowest BCUT2D eigenvalue weighted by Gasteiger charge is -2.22. The van der Waals surface area contributed by atoms with Crippen LogP contribution >= 0.6 is 0 Å². The van der Waals surface area contributed by atoms with Crippen LogP contribution in [-0.2, 0) is 14.3 Å². The van der Waals surface area contributed by atoms with Gasteiger partial charge in [0.05, 0.1) is 5.92 Å². The van der Waals surface area contributed by atoms with Gasteiger partial charge in [-0.05, 0) is 18.8 Å². The minimum absolute atomic E-state index is 0.00944. The van der Waals surface area contributed by atoms with E-state index < -0.39 is 0 Å². The predicted molar refractivity (Wildman–Crippen MR) is 41.4 cm³/mol. The first kappa shape index (κ1) is 7.77. The maximum Gasteiger partial charge on any atom is 0.306 e. The molecule has 2 rings (SSSR count). The van der Waals surface area contributed by atoms with E-state index in [1.54, 1.807) is 0 Å². The fourth-order valence-electron chi connectivity index (χ4n) is 2.04. The van der Waals surface area contributed by atoms with E-state index in [0.717, 1.165) is 12.8 Å². The minimum atomic E-state index is -0.128. The van der Waals surface area contributed by atoms with Crippen molar-refractivity contribution >= 4 is 11.8 Å². The predicted octanol–water partition coefficient (Wildman–Crippen LogP) is 0.919. The van der Waals surface area contributed by atoms with Crippen LogP contribution in [0.4, 0.5) is 0 Å². The number of carbonyl (C=O) groups is 2. The largest absolute Gasteiger partial charge is 0.465 e. The van der Waals surface area contributed by atoms with Gasteiger partial charge in [0, 0.05) is 12.8 Å². The zero-order chi connectivity index (χ0) is 8.55. The molecule has 0 unspecified atom stereocenters. The number of rotatable bonds is 0. The first-order valence-corrected chi connectivity index (χ1v) is 4.44. The van der Waals surface area contributed by atoms with E-state index in [0.29, 0.717) is 25.4 Å². The first-order chi connectivity index (χ1) is 5.75. The van der Waals surface area contributed by atoms with Crippen LogP contribution in [0, 0.1) is 11.8 Å². The van der Waals surface area contributed by atoms with Crippen LogP contribution in [0.15, 0.2) is 0 Å². The fraction of sp³-hybridized carbons (Fsp3) is 0.778. The minimum Gasteiger partial charge on any atom is -0.465 e. The van der Waals surface area contributed by atoms with Crippen molar-refractivity contribution < 1.29 is 14.3 Å². The SMILES string of the molecule is O=C1C[C@H]2CCC(=O)[C@@H](CO1)C2. The Labute approximate surface area is 71.1 Å². The summed E-state index contributed by atoms with van der Waals surface area (Å²) < 4.78 is 4.93. The Morgan fingerprint density at radius 2 is 2.17 bits per heavy atom. The van der Waals surface area contributed by atoms with Crippen LogP contribution < -0.4 is 0 Å². The highest BCUT2D eigenvalue weighted by Gasteiger charge is 2.33. The molecule has 2 aliphatic rings. The van der Waals surface area contributed by atoms with Crippen molar-refractivity contribution in [2.75, 3.05) is 6.61 Å². The van der Waals surface area contributed by atoms with Gasteiger partial charge in [-0.3, -0.25) is 9.59 Å². The summed E-state index contributed by atoms with van der Waals surface area (Å²) in [6, 6.07) is 0. The van der Waals surface area contributed by atoms with Gasteiger partial charge in [-0.1, -0.05) is 0 Å². The topological polar surface area (TPSA) is 43.4 Å². The quantitative estimate of drug-likeness (QED) is 0.505. The standard InChI is InChI=1S/C9H12O3/c10-8-2-1-6-3-7(8)5-12-9(11)4-6/h6-7H,1-5H2/t6-,7+/m0/s1. The fourth-order valence-corrected chi connectivity index (χ4v) is 2.04. The second kappa shape index (κ2) is 2.88. The van der Waals surface area contributed by atoms with E-state index in [1.165, 1.54) is 0 Å². The number of ether oxygens (including phenoxy) is 1. The van der Waals surface area contributed by atoms with Crippen molar-refractivity contribution in [3.8, 4) is 0 Å².